The van der Waals surface area contributed by atoms with Gasteiger partial charge in [-0.3, -0.25) is 9.59 Å². The highest BCUT2D eigenvalue weighted by Crippen LogP contribution is 2.58. The maximum absolute atomic E-state index is 14.5. The predicted molar refractivity (Wildman–Crippen MR) is 147 cm³/mol. The number of rotatable bonds is 4. The second-order valence-electron chi connectivity index (χ2n) is 10.1. The van der Waals surface area contributed by atoms with E-state index < -0.39 is 23.2 Å². The zero-order valence-electron chi connectivity index (χ0n) is 20.4. The van der Waals surface area contributed by atoms with Gasteiger partial charge in [0.25, 0.3) is 0 Å². The number of benzene rings is 3. The fourth-order valence-corrected chi connectivity index (χ4v) is 6.77. The monoisotopic (exact) mass is 597 g/mol. The first-order chi connectivity index (χ1) is 18.4. The zero-order valence-corrected chi connectivity index (χ0v) is 22.7. The number of hydrogen-bond acceptors (Lipinski definition) is 4. The summed E-state index contributed by atoms with van der Waals surface area (Å²) in [6.07, 6.45) is 1.80. The molecular formula is C29H26BrClFN3O3. The van der Waals surface area contributed by atoms with Crippen molar-refractivity contribution in [1.82, 2.24) is 10.6 Å². The summed E-state index contributed by atoms with van der Waals surface area (Å²) in [4.78, 5) is 27.5. The molecule has 6 nitrogen and oxygen atoms in total. The van der Waals surface area contributed by atoms with Crippen LogP contribution >= 0.6 is 27.5 Å². The quantitative estimate of drug-likeness (QED) is 0.365. The van der Waals surface area contributed by atoms with Crippen molar-refractivity contribution < 1.29 is 18.7 Å². The smallest absolute Gasteiger partial charge is 0.238 e. The molecule has 3 aliphatic rings. The third-order valence-electron chi connectivity index (χ3n) is 7.86. The minimum Gasteiger partial charge on any atom is -0.490 e. The van der Waals surface area contributed by atoms with E-state index in [1.807, 2.05) is 24.3 Å². The Labute approximate surface area is 233 Å². The Kier molecular flexibility index (Phi) is 6.66. The number of carbonyl (C=O) groups excluding carboxylic acids is 2. The van der Waals surface area contributed by atoms with E-state index in [9.17, 15) is 14.0 Å². The number of ether oxygens (including phenoxy) is 1. The minimum atomic E-state index is -1.27. The lowest BCUT2D eigenvalue weighted by Gasteiger charge is -2.46. The summed E-state index contributed by atoms with van der Waals surface area (Å²) in [5.41, 5.74) is 1.29. The maximum atomic E-state index is 14.5. The van der Waals surface area contributed by atoms with Gasteiger partial charge in [0.2, 0.25) is 11.8 Å². The third kappa shape index (κ3) is 4.28. The van der Waals surface area contributed by atoms with Crippen LogP contribution in [0.3, 0.4) is 0 Å². The van der Waals surface area contributed by atoms with Crippen LogP contribution in [0.1, 0.15) is 47.9 Å². The Hall–Kier alpha value is -2.94. The molecule has 196 valence electrons. The van der Waals surface area contributed by atoms with Gasteiger partial charge < -0.3 is 20.7 Å². The van der Waals surface area contributed by atoms with Crippen molar-refractivity contribution in [3.05, 3.63) is 92.7 Å². The highest BCUT2D eigenvalue weighted by molar-refractivity contribution is 9.10. The standard InChI is InChI=1S/C29H26BrClFN3O3/c30-17-4-7-25(38-20-8-10-33-11-9-20)21(13-17)23-15-26(36)35-27(16-2-1-3-19(32)12-16)29(23)22-6-5-18(31)14-24(22)34-28(29)37/h1-7,12-14,20,23,27,33H,8-11,15H2,(H,34,37)(H,35,36)/t23-,27+,29-/m1/s1. The van der Waals surface area contributed by atoms with E-state index in [4.69, 9.17) is 16.3 Å². The van der Waals surface area contributed by atoms with Gasteiger partial charge in [-0.05, 0) is 79.5 Å². The molecule has 6 rings (SSSR count). The summed E-state index contributed by atoms with van der Waals surface area (Å²) < 4.78 is 21.8. The molecule has 2 saturated heterocycles. The molecule has 1 spiro atoms. The Morgan fingerprint density at radius 1 is 1.03 bits per heavy atom. The molecule has 3 aliphatic heterocycles. The lowest BCUT2D eigenvalue weighted by molar-refractivity contribution is -0.131. The summed E-state index contributed by atoms with van der Waals surface area (Å²) >= 11 is 9.89. The van der Waals surface area contributed by atoms with Gasteiger partial charge in [0, 0.05) is 33.1 Å². The van der Waals surface area contributed by atoms with Crippen LogP contribution in [0, 0.1) is 5.82 Å². The molecule has 3 aromatic carbocycles. The molecule has 3 aromatic rings. The first kappa shape index (κ1) is 25.3. The largest absolute Gasteiger partial charge is 0.490 e. The first-order valence-electron chi connectivity index (χ1n) is 12.7. The van der Waals surface area contributed by atoms with Crippen LogP contribution in [0.25, 0.3) is 0 Å². The van der Waals surface area contributed by atoms with Crippen molar-refractivity contribution in [1.29, 1.82) is 0 Å². The summed E-state index contributed by atoms with van der Waals surface area (Å²) in [7, 11) is 0. The van der Waals surface area contributed by atoms with Crippen LogP contribution in [0.2, 0.25) is 5.02 Å². The van der Waals surface area contributed by atoms with Crippen LogP contribution < -0.4 is 20.7 Å². The lowest BCUT2D eigenvalue weighted by atomic mass is 9.59. The molecule has 2 amide bonds. The van der Waals surface area contributed by atoms with Gasteiger partial charge in [-0.1, -0.05) is 45.7 Å². The molecule has 3 atom stereocenters. The number of amides is 2. The number of fused-ring (bicyclic) bond motifs is 2. The predicted octanol–water partition coefficient (Wildman–Crippen LogP) is 5.61. The average molecular weight is 599 g/mol. The third-order valence-corrected chi connectivity index (χ3v) is 8.59. The van der Waals surface area contributed by atoms with E-state index in [0.29, 0.717) is 27.6 Å². The van der Waals surface area contributed by atoms with Crippen LogP contribution in [-0.2, 0) is 15.0 Å². The van der Waals surface area contributed by atoms with Crippen molar-refractivity contribution in [2.24, 2.45) is 0 Å². The van der Waals surface area contributed by atoms with Gasteiger partial charge in [0.1, 0.15) is 23.1 Å². The zero-order chi connectivity index (χ0) is 26.4. The van der Waals surface area contributed by atoms with Gasteiger partial charge in [-0.25, -0.2) is 4.39 Å². The molecule has 0 aliphatic carbocycles. The number of halogens is 3. The fraction of sp³-hybridized carbons (Fsp3) is 0.310. The molecule has 3 N–H and O–H groups in total. The van der Waals surface area contributed by atoms with Crippen molar-refractivity contribution in [2.75, 3.05) is 18.4 Å². The Bertz CT molecular complexity index is 1430. The van der Waals surface area contributed by atoms with Gasteiger partial charge in [-0.2, -0.15) is 0 Å². The normalized spacial score (nSPS) is 25.1. The molecule has 0 saturated carbocycles. The lowest BCUT2D eigenvalue weighted by Crippen LogP contribution is -2.57. The average Bonchev–Trinajstić information content (AvgIpc) is 3.18. The van der Waals surface area contributed by atoms with E-state index in [-0.39, 0.29) is 24.3 Å². The molecule has 0 unspecified atom stereocenters. The Balaban J connectivity index is 1.57. The number of piperidine rings is 2. The van der Waals surface area contributed by atoms with Gasteiger partial charge >= 0.3 is 0 Å². The summed E-state index contributed by atoms with van der Waals surface area (Å²) in [5.74, 6) is -0.894. The molecule has 0 bridgehead atoms. The van der Waals surface area contributed by atoms with E-state index in [1.165, 1.54) is 12.1 Å². The highest BCUT2D eigenvalue weighted by atomic mass is 79.9. The molecular weight excluding hydrogens is 573 g/mol. The number of carbonyl (C=O) groups is 2. The topological polar surface area (TPSA) is 79.5 Å². The maximum Gasteiger partial charge on any atom is 0.238 e. The van der Waals surface area contributed by atoms with Crippen molar-refractivity contribution in [3.63, 3.8) is 0 Å². The Morgan fingerprint density at radius 2 is 1.84 bits per heavy atom. The SMILES string of the molecule is O=C1C[C@H](c2cc(Br)ccc2OC2CCNCC2)[C@@]2(C(=O)Nc3cc(Cl)ccc32)[C@H](c2cccc(F)c2)N1. The molecule has 9 heteroatoms. The van der Waals surface area contributed by atoms with Gasteiger partial charge in [0.05, 0.1) is 6.04 Å². The number of hydrogen-bond donors (Lipinski definition) is 3. The van der Waals surface area contributed by atoms with E-state index >= 15 is 0 Å². The fourth-order valence-electron chi connectivity index (χ4n) is 6.22. The van der Waals surface area contributed by atoms with Crippen molar-refractivity contribution in [3.8, 4) is 5.75 Å². The molecule has 0 radical (unpaired) electrons. The van der Waals surface area contributed by atoms with Gasteiger partial charge in [-0.15, -0.1) is 0 Å². The summed E-state index contributed by atoms with van der Waals surface area (Å²) in [6, 6.07) is 16.3. The summed E-state index contributed by atoms with van der Waals surface area (Å²) in [5, 5.41) is 9.88. The summed E-state index contributed by atoms with van der Waals surface area (Å²) in [6.45, 7) is 1.73. The van der Waals surface area contributed by atoms with Crippen LogP contribution in [0.15, 0.2) is 65.1 Å². The second kappa shape index (κ2) is 9.98. The highest BCUT2D eigenvalue weighted by Gasteiger charge is 2.61. The van der Waals surface area contributed by atoms with Crippen LogP contribution in [-0.4, -0.2) is 31.0 Å². The van der Waals surface area contributed by atoms with Crippen molar-refractivity contribution in [2.45, 2.75) is 42.7 Å². The van der Waals surface area contributed by atoms with Crippen LogP contribution in [0.5, 0.6) is 5.75 Å². The number of nitrogens with one attached hydrogen (secondary N) is 3. The second-order valence-corrected chi connectivity index (χ2v) is 11.4. The minimum absolute atomic E-state index is 0.0204. The Morgan fingerprint density at radius 3 is 2.63 bits per heavy atom. The van der Waals surface area contributed by atoms with Crippen molar-refractivity contribution >= 4 is 45.0 Å². The van der Waals surface area contributed by atoms with Gasteiger partial charge in [0.15, 0.2) is 0 Å². The molecule has 3 heterocycles. The first-order valence-corrected chi connectivity index (χ1v) is 13.9. The molecule has 38 heavy (non-hydrogen) atoms. The van der Waals surface area contributed by atoms with E-state index in [0.717, 1.165) is 36.0 Å². The molecule has 2 fully saturated rings. The molecule has 0 aromatic heterocycles. The van der Waals surface area contributed by atoms with E-state index in [2.05, 4.69) is 31.9 Å². The van der Waals surface area contributed by atoms with Crippen LogP contribution in [0.4, 0.5) is 10.1 Å². The van der Waals surface area contributed by atoms with E-state index in [1.54, 1.807) is 24.3 Å². The number of anilines is 1.